The third-order valence-electron chi connectivity index (χ3n) is 2.51. The van der Waals surface area contributed by atoms with E-state index in [1.54, 1.807) is 0 Å². The lowest BCUT2D eigenvalue weighted by Gasteiger charge is -2.28. The standard InChI is InChI=1S/C10H18BrNO/c1-10(2,7-11)12-9(13)6-8-4-3-5-8/h8H,3-7H2,1-2H3,(H,12,13). The van der Waals surface area contributed by atoms with Gasteiger partial charge in [0.1, 0.15) is 0 Å². The fourth-order valence-corrected chi connectivity index (χ4v) is 1.56. The highest BCUT2D eigenvalue weighted by Crippen LogP contribution is 2.29. The molecule has 1 N–H and O–H groups in total. The van der Waals surface area contributed by atoms with Crippen LogP contribution >= 0.6 is 15.9 Å². The van der Waals surface area contributed by atoms with Gasteiger partial charge in [0.25, 0.3) is 0 Å². The molecule has 0 atom stereocenters. The molecule has 2 nitrogen and oxygen atoms in total. The fourth-order valence-electron chi connectivity index (χ4n) is 1.42. The normalized spacial score (nSPS) is 18.1. The Hall–Kier alpha value is -0.0500. The largest absolute Gasteiger partial charge is 0.350 e. The van der Waals surface area contributed by atoms with E-state index < -0.39 is 0 Å². The molecule has 0 aliphatic heterocycles. The van der Waals surface area contributed by atoms with Gasteiger partial charge in [-0.25, -0.2) is 0 Å². The van der Waals surface area contributed by atoms with Crippen LogP contribution in [0.1, 0.15) is 39.5 Å². The van der Waals surface area contributed by atoms with Gasteiger partial charge in [0.15, 0.2) is 0 Å². The number of amides is 1. The summed E-state index contributed by atoms with van der Waals surface area (Å²) >= 11 is 3.38. The zero-order chi connectivity index (χ0) is 9.90. The number of nitrogens with one attached hydrogen (secondary N) is 1. The van der Waals surface area contributed by atoms with Crippen molar-refractivity contribution in [2.45, 2.75) is 45.1 Å². The molecule has 0 spiro atoms. The minimum Gasteiger partial charge on any atom is -0.350 e. The summed E-state index contributed by atoms with van der Waals surface area (Å²) in [6.45, 7) is 4.06. The molecular formula is C10H18BrNO. The fraction of sp³-hybridized carbons (Fsp3) is 0.900. The zero-order valence-corrected chi connectivity index (χ0v) is 9.99. The molecule has 1 aliphatic carbocycles. The second-order valence-electron chi connectivity index (χ2n) is 4.57. The Kier molecular flexibility index (Phi) is 3.77. The van der Waals surface area contributed by atoms with Gasteiger partial charge >= 0.3 is 0 Å². The summed E-state index contributed by atoms with van der Waals surface area (Å²) in [5.41, 5.74) is -0.110. The Morgan fingerprint density at radius 3 is 2.54 bits per heavy atom. The summed E-state index contributed by atoms with van der Waals surface area (Å²) < 4.78 is 0. The third-order valence-corrected chi connectivity index (χ3v) is 3.91. The van der Waals surface area contributed by atoms with E-state index in [4.69, 9.17) is 0 Å². The van der Waals surface area contributed by atoms with Gasteiger partial charge in [-0.1, -0.05) is 22.4 Å². The number of hydrogen-bond donors (Lipinski definition) is 1. The Morgan fingerprint density at radius 2 is 2.15 bits per heavy atom. The van der Waals surface area contributed by atoms with E-state index in [2.05, 4.69) is 21.2 Å². The number of hydrogen-bond acceptors (Lipinski definition) is 1. The minimum absolute atomic E-state index is 0.110. The molecule has 1 saturated carbocycles. The Morgan fingerprint density at radius 1 is 1.54 bits per heavy atom. The summed E-state index contributed by atoms with van der Waals surface area (Å²) in [7, 11) is 0. The molecule has 0 bridgehead atoms. The summed E-state index contributed by atoms with van der Waals surface area (Å²) in [6.07, 6.45) is 4.50. The van der Waals surface area contributed by atoms with E-state index in [9.17, 15) is 4.79 Å². The molecule has 0 heterocycles. The maximum Gasteiger partial charge on any atom is 0.220 e. The Labute approximate surface area is 88.6 Å². The van der Waals surface area contributed by atoms with Crippen LogP contribution in [0, 0.1) is 5.92 Å². The number of carbonyl (C=O) groups is 1. The second-order valence-corrected chi connectivity index (χ2v) is 5.13. The number of carbonyl (C=O) groups excluding carboxylic acids is 1. The first-order chi connectivity index (χ1) is 6.03. The quantitative estimate of drug-likeness (QED) is 0.761. The van der Waals surface area contributed by atoms with Crippen LogP contribution in [0.15, 0.2) is 0 Å². The third kappa shape index (κ3) is 3.67. The summed E-state index contributed by atoms with van der Waals surface area (Å²) in [4.78, 5) is 11.5. The summed E-state index contributed by atoms with van der Waals surface area (Å²) in [5, 5.41) is 3.82. The van der Waals surface area contributed by atoms with Crippen molar-refractivity contribution in [1.82, 2.24) is 5.32 Å². The van der Waals surface area contributed by atoms with Crippen molar-refractivity contribution >= 4 is 21.8 Å². The maximum absolute atomic E-state index is 11.5. The topological polar surface area (TPSA) is 29.1 Å². The predicted octanol–water partition coefficient (Wildman–Crippen LogP) is 2.47. The molecule has 1 rings (SSSR count). The van der Waals surface area contributed by atoms with Gasteiger partial charge in [0, 0.05) is 17.3 Å². The molecule has 1 amide bonds. The molecule has 76 valence electrons. The van der Waals surface area contributed by atoms with Crippen LogP contribution in [0.25, 0.3) is 0 Å². The van der Waals surface area contributed by atoms with Crippen molar-refractivity contribution in [1.29, 1.82) is 0 Å². The van der Waals surface area contributed by atoms with Crippen LogP contribution in [-0.4, -0.2) is 16.8 Å². The first-order valence-electron chi connectivity index (χ1n) is 4.90. The molecular weight excluding hydrogens is 230 g/mol. The molecule has 1 fully saturated rings. The number of alkyl halides is 1. The SMILES string of the molecule is CC(C)(CBr)NC(=O)CC1CCC1. The average molecular weight is 248 g/mol. The Balaban J connectivity index is 2.23. The highest BCUT2D eigenvalue weighted by molar-refractivity contribution is 9.09. The van der Waals surface area contributed by atoms with Gasteiger partial charge in [-0.2, -0.15) is 0 Å². The number of halogens is 1. The van der Waals surface area contributed by atoms with Crippen molar-refractivity contribution < 1.29 is 4.79 Å². The van der Waals surface area contributed by atoms with Crippen LogP contribution in [0.4, 0.5) is 0 Å². The lowest BCUT2D eigenvalue weighted by Crippen LogP contribution is -2.45. The van der Waals surface area contributed by atoms with Crippen molar-refractivity contribution in [2.75, 3.05) is 5.33 Å². The second kappa shape index (κ2) is 4.45. The van der Waals surface area contributed by atoms with Crippen molar-refractivity contribution in [3.63, 3.8) is 0 Å². The monoisotopic (exact) mass is 247 g/mol. The molecule has 0 aromatic carbocycles. The first kappa shape index (κ1) is 11.0. The van der Waals surface area contributed by atoms with Gasteiger partial charge in [-0.15, -0.1) is 0 Å². The first-order valence-corrected chi connectivity index (χ1v) is 6.02. The maximum atomic E-state index is 11.5. The smallest absolute Gasteiger partial charge is 0.220 e. The molecule has 0 aromatic rings. The molecule has 0 unspecified atom stereocenters. The van der Waals surface area contributed by atoms with E-state index in [-0.39, 0.29) is 11.4 Å². The van der Waals surface area contributed by atoms with Gasteiger partial charge in [0.05, 0.1) is 0 Å². The van der Waals surface area contributed by atoms with E-state index in [1.165, 1.54) is 19.3 Å². The van der Waals surface area contributed by atoms with Gasteiger partial charge in [-0.3, -0.25) is 4.79 Å². The summed E-state index contributed by atoms with van der Waals surface area (Å²) in [6, 6.07) is 0. The molecule has 0 saturated heterocycles. The van der Waals surface area contributed by atoms with Crippen molar-refractivity contribution in [3.8, 4) is 0 Å². The molecule has 3 heteroatoms. The minimum atomic E-state index is -0.110. The van der Waals surface area contributed by atoms with Gasteiger partial charge in [-0.05, 0) is 32.6 Å². The predicted molar refractivity (Wildman–Crippen MR) is 58.0 cm³/mol. The van der Waals surface area contributed by atoms with E-state index >= 15 is 0 Å². The van der Waals surface area contributed by atoms with Crippen LogP contribution in [-0.2, 0) is 4.79 Å². The van der Waals surface area contributed by atoms with Crippen LogP contribution in [0.3, 0.4) is 0 Å². The molecule has 13 heavy (non-hydrogen) atoms. The molecule has 1 aliphatic rings. The Bertz CT molecular complexity index is 187. The lowest BCUT2D eigenvalue weighted by molar-refractivity contribution is -0.123. The van der Waals surface area contributed by atoms with Crippen LogP contribution < -0.4 is 5.32 Å². The average Bonchev–Trinajstić information content (AvgIpc) is 1.96. The summed E-state index contributed by atoms with van der Waals surface area (Å²) in [5.74, 6) is 0.861. The van der Waals surface area contributed by atoms with Crippen LogP contribution in [0.2, 0.25) is 0 Å². The van der Waals surface area contributed by atoms with Gasteiger partial charge in [0.2, 0.25) is 5.91 Å². The van der Waals surface area contributed by atoms with E-state index in [1.807, 2.05) is 13.8 Å². The highest BCUT2D eigenvalue weighted by atomic mass is 79.9. The zero-order valence-electron chi connectivity index (χ0n) is 8.40. The molecule has 0 radical (unpaired) electrons. The number of rotatable bonds is 4. The molecule has 0 aromatic heterocycles. The van der Waals surface area contributed by atoms with Crippen molar-refractivity contribution in [3.05, 3.63) is 0 Å². The van der Waals surface area contributed by atoms with E-state index in [0.29, 0.717) is 5.92 Å². The van der Waals surface area contributed by atoms with Gasteiger partial charge < -0.3 is 5.32 Å². The van der Waals surface area contributed by atoms with Crippen LogP contribution in [0.5, 0.6) is 0 Å². The lowest BCUT2D eigenvalue weighted by atomic mass is 9.82. The van der Waals surface area contributed by atoms with E-state index in [0.717, 1.165) is 11.8 Å². The highest BCUT2D eigenvalue weighted by Gasteiger charge is 2.24. The van der Waals surface area contributed by atoms with Crippen molar-refractivity contribution in [2.24, 2.45) is 5.92 Å².